The summed E-state index contributed by atoms with van der Waals surface area (Å²) < 4.78 is 36.5. The third kappa shape index (κ3) is 11.8. The number of benzene rings is 2. The van der Waals surface area contributed by atoms with E-state index in [1.165, 1.54) is 51.4 Å². The average Bonchev–Trinajstić information content (AvgIpc) is 2.85. The molecule has 2 aromatic carbocycles. The average molecular weight is 493 g/mol. The van der Waals surface area contributed by atoms with Gasteiger partial charge in [-0.2, -0.15) is 0 Å². The van der Waals surface area contributed by atoms with Gasteiger partial charge in [-0.15, -0.1) is 0 Å². The Kier molecular flexibility index (Phi) is 15.2. The third-order valence-electron chi connectivity index (χ3n) is 5.86. The maximum Gasteiger partial charge on any atom is 0.381 e. The van der Waals surface area contributed by atoms with E-state index < -0.39 is 7.60 Å². The number of rotatable bonds is 21. The molecule has 0 fully saturated rings. The standard InChI is InChI=1S/C28H45O5P/c1-3-5-6-7-8-9-10-11-12-15-21-32-34(29,25-24-31-23-22-30-4-2)33-28-20-16-18-26-17-13-14-19-27(26)28/h13-14,16-20H,3-12,15,21-25H2,1-2H3. The molecule has 0 aliphatic carbocycles. The van der Waals surface area contributed by atoms with Crippen molar-refractivity contribution in [3.05, 3.63) is 42.5 Å². The first kappa shape index (κ1) is 28.8. The molecule has 0 aromatic heterocycles. The molecule has 0 spiro atoms. The maximum absolute atomic E-state index is 13.6. The van der Waals surface area contributed by atoms with E-state index in [0.29, 0.717) is 38.8 Å². The van der Waals surface area contributed by atoms with Crippen LogP contribution in [0.5, 0.6) is 5.75 Å². The molecule has 5 nitrogen and oxygen atoms in total. The van der Waals surface area contributed by atoms with Crippen molar-refractivity contribution >= 4 is 18.4 Å². The summed E-state index contributed by atoms with van der Waals surface area (Å²) in [5.41, 5.74) is 0. The van der Waals surface area contributed by atoms with Gasteiger partial charge in [-0.05, 0) is 24.8 Å². The van der Waals surface area contributed by atoms with Crippen LogP contribution in [0.15, 0.2) is 42.5 Å². The van der Waals surface area contributed by atoms with Gasteiger partial charge >= 0.3 is 7.60 Å². The molecule has 0 aliphatic heterocycles. The number of unbranched alkanes of at least 4 members (excludes halogenated alkanes) is 9. The summed E-state index contributed by atoms with van der Waals surface area (Å²) >= 11 is 0. The summed E-state index contributed by atoms with van der Waals surface area (Å²) in [6.07, 6.45) is 12.7. The van der Waals surface area contributed by atoms with Gasteiger partial charge in [0.05, 0.1) is 32.6 Å². The minimum absolute atomic E-state index is 0.222. The van der Waals surface area contributed by atoms with Gasteiger partial charge in [-0.25, -0.2) is 4.57 Å². The molecular formula is C28H45O5P. The SMILES string of the molecule is CCCCCCCCCCCCOP(=O)(CCOCCOCC)Oc1cccc2ccccc12. The van der Waals surface area contributed by atoms with Gasteiger partial charge < -0.3 is 14.0 Å². The highest BCUT2D eigenvalue weighted by molar-refractivity contribution is 7.54. The fourth-order valence-electron chi connectivity index (χ4n) is 3.90. The largest absolute Gasteiger partial charge is 0.424 e. The lowest BCUT2D eigenvalue weighted by Gasteiger charge is -2.20. The maximum atomic E-state index is 13.6. The van der Waals surface area contributed by atoms with E-state index in [1.54, 1.807) is 0 Å². The molecule has 2 rings (SSSR count). The lowest BCUT2D eigenvalue weighted by Crippen LogP contribution is -2.11. The first-order chi connectivity index (χ1) is 16.7. The van der Waals surface area contributed by atoms with Crippen molar-refractivity contribution in [1.29, 1.82) is 0 Å². The van der Waals surface area contributed by atoms with Crippen molar-refractivity contribution < 1.29 is 23.1 Å². The number of hydrogen-bond acceptors (Lipinski definition) is 5. The van der Waals surface area contributed by atoms with Crippen LogP contribution in [0.2, 0.25) is 0 Å². The summed E-state index contributed by atoms with van der Waals surface area (Å²) in [5, 5.41) is 1.99. The Labute approximate surface area is 207 Å². The summed E-state index contributed by atoms with van der Waals surface area (Å²) in [5.74, 6) is 0.596. The molecule has 0 aliphatic rings. The molecule has 0 saturated carbocycles. The zero-order chi connectivity index (χ0) is 24.3. The first-order valence-electron chi connectivity index (χ1n) is 13.2. The van der Waals surface area contributed by atoms with Crippen LogP contribution in [-0.4, -0.2) is 39.2 Å². The number of fused-ring (bicyclic) bond motifs is 1. The van der Waals surface area contributed by atoms with Crippen LogP contribution < -0.4 is 4.52 Å². The van der Waals surface area contributed by atoms with E-state index >= 15 is 0 Å². The van der Waals surface area contributed by atoms with Crippen molar-refractivity contribution in [2.45, 2.75) is 78.1 Å². The van der Waals surface area contributed by atoms with Crippen LogP contribution in [-0.2, 0) is 18.6 Å². The van der Waals surface area contributed by atoms with E-state index in [2.05, 4.69) is 6.92 Å². The summed E-state index contributed by atoms with van der Waals surface area (Å²) in [4.78, 5) is 0. The van der Waals surface area contributed by atoms with E-state index in [0.717, 1.165) is 23.6 Å². The lowest BCUT2D eigenvalue weighted by atomic mass is 10.1. The fourth-order valence-corrected chi connectivity index (χ4v) is 5.39. The third-order valence-corrected chi connectivity index (χ3v) is 7.64. The Morgan fingerprint density at radius 2 is 1.32 bits per heavy atom. The Morgan fingerprint density at radius 1 is 0.676 bits per heavy atom. The summed E-state index contributed by atoms with van der Waals surface area (Å²) in [7, 11) is -3.34. The van der Waals surface area contributed by atoms with Crippen molar-refractivity contribution in [1.82, 2.24) is 0 Å². The Hall–Kier alpha value is -1.39. The van der Waals surface area contributed by atoms with E-state index in [-0.39, 0.29) is 6.16 Å². The zero-order valence-electron chi connectivity index (χ0n) is 21.3. The van der Waals surface area contributed by atoms with Crippen LogP contribution >= 0.6 is 7.60 Å². The van der Waals surface area contributed by atoms with Crippen molar-refractivity contribution in [2.24, 2.45) is 0 Å². The highest BCUT2D eigenvalue weighted by atomic mass is 31.2. The summed E-state index contributed by atoms with van der Waals surface area (Å²) in [6.45, 7) is 6.63. The molecule has 1 atom stereocenters. The minimum Gasteiger partial charge on any atom is -0.424 e. The highest BCUT2D eigenvalue weighted by Gasteiger charge is 2.27. The molecule has 0 heterocycles. The topological polar surface area (TPSA) is 54.0 Å². The first-order valence-corrected chi connectivity index (χ1v) is 15.0. The van der Waals surface area contributed by atoms with Crippen LogP contribution in [0.25, 0.3) is 10.8 Å². The van der Waals surface area contributed by atoms with Gasteiger partial charge in [0, 0.05) is 12.0 Å². The molecule has 34 heavy (non-hydrogen) atoms. The molecule has 1 unspecified atom stereocenters. The van der Waals surface area contributed by atoms with Crippen LogP contribution in [0.3, 0.4) is 0 Å². The quantitative estimate of drug-likeness (QED) is 0.129. The molecular weight excluding hydrogens is 447 g/mol. The van der Waals surface area contributed by atoms with Crippen molar-refractivity contribution in [3.63, 3.8) is 0 Å². The zero-order valence-corrected chi connectivity index (χ0v) is 22.2. The molecule has 0 saturated heterocycles. The monoisotopic (exact) mass is 492 g/mol. The van der Waals surface area contributed by atoms with E-state index in [4.69, 9.17) is 18.5 Å². The number of ether oxygens (including phenoxy) is 2. The van der Waals surface area contributed by atoms with Crippen LogP contribution in [0.1, 0.15) is 78.1 Å². The van der Waals surface area contributed by atoms with E-state index in [9.17, 15) is 4.57 Å². The van der Waals surface area contributed by atoms with Crippen LogP contribution in [0.4, 0.5) is 0 Å². The minimum atomic E-state index is -3.34. The fraction of sp³-hybridized carbons (Fsp3) is 0.643. The molecule has 0 N–H and O–H groups in total. The predicted octanol–water partition coefficient (Wildman–Crippen LogP) is 8.40. The second-order valence-electron chi connectivity index (χ2n) is 8.73. The summed E-state index contributed by atoms with van der Waals surface area (Å²) in [6, 6.07) is 13.7. The lowest BCUT2D eigenvalue weighted by molar-refractivity contribution is 0.0576. The molecule has 0 bridgehead atoms. The molecule has 2 aromatic rings. The normalized spacial score (nSPS) is 13.2. The van der Waals surface area contributed by atoms with Gasteiger partial charge in [-0.1, -0.05) is 101 Å². The molecule has 0 radical (unpaired) electrons. The Balaban J connectivity index is 1.80. The Bertz CT molecular complexity index is 820. The van der Waals surface area contributed by atoms with Gasteiger partial charge in [0.15, 0.2) is 0 Å². The Morgan fingerprint density at radius 3 is 2.06 bits per heavy atom. The second-order valence-corrected chi connectivity index (χ2v) is 10.8. The molecule has 192 valence electrons. The smallest absolute Gasteiger partial charge is 0.381 e. The van der Waals surface area contributed by atoms with E-state index in [1.807, 2.05) is 49.4 Å². The predicted molar refractivity (Wildman–Crippen MR) is 142 cm³/mol. The molecule has 0 amide bonds. The highest BCUT2D eigenvalue weighted by Crippen LogP contribution is 2.49. The van der Waals surface area contributed by atoms with Gasteiger partial charge in [0.1, 0.15) is 5.75 Å². The van der Waals surface area contributed by atoms with Gasteiger partial charge in [-0.3, -0.25) is 4.52 Å². The van der Waals surface area contributed by atoms with Crippen LogP contribution in [0, 0.1) is 0 Å². The van der Waals surface area contributed by atoms with Gasteiger partial charge in [0.25, 0.3) is 0 Å². The second kappa shape index (κ2) is 18.0. The van der Waals surface area contributed by atoms with Crippen molar-refractivity contribution in [2.75, 3.05) is 39.2 Å². The number of hydrogen-bond donors (Lipinski definition) is 0. The van der Waals surface area contributed by atoms with Gasteiger partial charge in [0.2, 0.25) is 0 Å². The van der Waals surface area contributed by atoms with Crippen molar-refractivity contribution in [3.8, 4) is 5.75 Å². The molecule has 6 heteroatoms.